The van der Waals surface area contributed by atoms with Crippen molar-refractivity contribution in [2.45, 2.75) is 12.8 Å². The van der Waals surface area contributed by atoms with E-state index in [1.807, 2.05) is 140 Å². The molecule has 15 rings (SSSR count). The van der Waals surface area contributed by atoms with Gasteiger partial charge in [-0.25, -0.2) is 0 Å². The van der Waals surface area contributed by atoms with E-state index in [0.29, 0.717) is 44.5 Å². The Morgan fingerprint density at radius 3 is 1.36 bits per heavy atom. The van der Waals surface area contributed by atoms with E-state index in [1.54, 1.807) is 24.3 Å². The molecule has 0 bridgehead atoms. The molecule has 15 aromatic rings. The van der Waals surface area contributed by atoms with Gasteiger partial charge in [0.25, 0.3) is 0 Å². The van der Waals surface area contributed by atoms with Crippen molar-refractivity contribution in [1.82, 2.24) is 0 Å². The number of fused-ring (bicyclic) bond motifs is 10. The third-order valence-corrected chi connectivity index (χ3v) is 14.1. The zero-order valence-electron chi connectivity index (χ0n) is 55.0. The SMILES string of the molecule is [2H]c1c([2H])c([2H])c2c(-c3ccc4ccccc4c3)c3c([2H])c([2H])c([2H])c([2H])c3c(Cc3cccc4ccccc34)c2c1[2H].[2H]c1c([2H])c([2H])c2c(-c3ccccc3)c3c([2H])c([2H])c([2H])c([2H])c3c(Cc3cccc4oc5cc6ccccc6cc5c34)c2c1[2H]. The molecule has 1 heteroatoms. The van der Waals surface area contributed by atoms with Crippen LogP contribution in [0.25, 0.3) is 120 Å². The molecule has 14 aromatic carbocycles. The van der Waals surface area contributed by atoms with Crippen LogP contribution in [0.5, 0.6) is 0 Å². The van der Waals surface area contributed by atoms with Crippen LogP contribution < -0.4 is 0 Å². The fourth-order valence-electron chi connectivity index (χ4n) is 10.8. The normalized spacial score (nSPS) is 14.7. The van der Waals surface area contributed by atoms with Gasteiger partial charge in [0.15, 0.2) is 0 Å². The summed E-state index contributed by atoms with van der Waals surface area (Å²) in [4.78, 5) is 0. The second-order valence-corrected chi connectivity index (χ2v) is 18.2. The van der Waals surface area contributed by atoms with Crippen molar-refractivity contribution in [2.75, 3.05) is 0 Å². The summed E-state index contributed by atoms with van der Waals surface area (Å²) < 4.78 is 148. The molecule has 1 heterocycles. The second kappa shape index (κ2) is 17.8. The predicted molar refractivity (Wildman–Crippen MR) is 312 cm³/mol. The minimum absolute atomic E-state index is 0.130. The minimum Gasteiger partial charge on any atom is -0.456 e. The van der Waals surface area contributed by atoms with Crippen LogP contribution in [0, 0.1) is 0 Å². The lowest BCUT2D eigenvalue weighted by molar-refractivity contribution is 0.669. The van der Waals surface area contributed by atoms with Gasteiger partial charge in [-0.2, -0.15) is 0 Å². The Kier molecular flexibility index (Phi) is 7.12. The van der Waals surface area contributed by atoms with E-state index in [-0.39, 0.29) is 116 Å². The largest absolute Gasteiger partial charge is 0.456 e. The van der Waals surface area contributed by atoms with E-state index in [4.69, 9.17) is 26.3 Å². The molecular weight excluding hydrogens is 881 g/mol. The topological polar surface area (TPSA) is 13.1 Å². The minimum atomic E-state index is -0.407. The van der Waals surface area contributed by atoms with E-state index < -0.39 is 36.3 Å². The zero-order valence-corrected chi connectivity index (χ0v) is 39.0. The van der Waals surface area contributed by atoms with Gasteiger partial charge in [0.05, 0.1) is 21.9 Å². The van der Waals surface area contributed by atoms with E-state index in [9.17, 15) is 0 Å². The summed E-state index contributed by atoms with van der Waals surface area (Å²) in [5.74, 6) is 0. The Labute approximate surface area is 446 Å². The monoisotopic (exact) mass is 944 g/mol. The Morgan fingerprint density at radius 2 is 0.740 bits per heavy atom. The Bertz CT molecular complexity index is 5420. The van der Waals surface area contributed by atoms with Crippen LogP contribution in [-0.4, -0.2) is 0 Å². The van der Waals surface area contributed by atoms with E-state index in [1.165, 1.54) is 0 Å². The van der Waals surface area contributed by atoms with Crippen LogP contribution >= 0.6 is 0 Å². The molecule has 0 N–H and O–H groups in total. The van der Waals surface area contributed by atoms with Crippen LogP contribution in [-0.2, 0) is 12.8 Å². The second-order valence-electron chi connectivity index (χ2n) is 18.2. The van der Waals surface area contributed by atoms with Crippen molar-refractivity contribution in [3.63, 3.8) is 0 Å². The van der Waals surface area contributed by atoms with Crippen molar-refractivity contribution < 1.29 is 26.3 Å². The van der Waals surface area contributed by atoms with Crippen molar-refractivity contribution in [3.05, 3.63) is 289 Å². The summed E-state index contributed by atoms with van der Waals surface area (Å²) in [6.07, 6.45) is 0.335. The molecule has 0 aliphatic rings. The van der Waals surface area contributed by atoms with Crippen molar-refractivity contribution in [2.24, 2.45) is 0 Å². The van der Waals surface area contributed by atoms with Crippen molar-refractivity contribution in [3.8, 4) is 22.3 Å². The maximum absolute atomic E-state index is 9.14. The highest BCUT2D eigenvalue weighted by atomic mass is 16.3. The maximum Gasteiger partial charge on any atom is 0.136 e. The van der Waals surface area contributed by atoms with Gasteiger partial charge < -0.3 is 4.42 Å². The molecule has 0 fully saturated rings. The number of hydrogen-bond donors (Lipinski definition) is 0. The first-order chi connectivity index (χ1) is 42.9. The fraction of sp³-hybridized carbons (Fsp3) is 0.0278. The molecule has 342 valence electrons. The highest BCUT2D eigenvalue weighted by Crippen LogP contribution is 2.44. The lowest BCUT2D eigenvalue weighted by Crippen LogP contribution is -1.96. The third kappa shape index (κ3) is 7.40. The van der Waals surface area contributed by atoms with Crippen molar-refractivity contribution >= 4 is 97.3 Å². The molecule has 73 heavy (non-hydrogen) atoms. The lowest BCUT2D eigenvalue weighted by atomic mass is 9.85. The molecule has 0 aliphatic carbocycles. The zero-order chi connectivity index (χ0) is 62.2. The highest BCUT2D eigenvalue weighted by molar-refractivity contribution is 6.18. The lowest BCUT2D eigenvalue weighted by Gasteiger charge is -2.18. The standard InChI is InChI=1S/C37H24O.C35H24/c1-2-11-24(12-3-1)36-30-18-8-6-16-28(30)32(29-17-7-9-19-31(29)36)22-27-15-10-20-34-37(27)33-21-25-13-4-5-14-26(25)23-35(33)38-34;1-2-12-26-22-28(21-20-24(26)10-1)35-32-18-7-5-16-30(32)34(31-17-6-8-19-33(31)35)23-27-14-9-13-25-11-3-4-15-29(25)27/h1-21,23H,22H2;1-22H,23H2/i6D,7D,8D,9D,16D,17D,18D,19D;5D,6D,7D,8D,16D,17D,18D,19D. The molecule has 0 radical (unpaired) electrons. The molecule has 1 aromatic heterocycles. The van der Waals surface area contributed by atoms with Crippen LogP contribution in [0.3, 0.4) is 0 Å². The van der Waals surface area contributed by atoms with Gasteiger partial charge in [-0.05, 0) is 157 Å². The molecule has 0 unspecified atom stereocenters. The van der Waals surface area contributed by atoms with Gasteiger partial charge in [-0.3, -0.25) is 0 Å². The van der Waals surface area contributed by atoms with Gasteiger partial charge in [-0.1, -0.05) is 242 Å². The fourth-order valence-corrected chi connectivity index (χ4v) is 10.8. The Morgan fingerprint density at radius 1 is 0.288 bits per heavy atom. The van der Waals surface area contributed by atoms with Crippen LogP contribution in [0.4, 0.5) is 0 Å². The quantitative estimate of drug-likeness (QED) is 0.151. The van der Waals surface area contributed by atoms with Gasteiger partial charge in [-0.15, -0.1) is 0 Å². The Hall–Kier alpha value is -9.30. The first-order valence-corrected chi connectivity index (χ1v) is 24.1. The first kappa shape index (κ1) is 29.1. The molecule has 0 saturated carbocycles. The summed E-state index contributed by atoms with van der Waals surface area (Å²) in [7, 11) is 0. The first-order valence-electron chi connectivity index (χ1n) is 32.1. The summed E-state index contributed by atoms with van der Waals surface area (Å²) in [5, 5.41) is 9.60. The predicted octanol–water partition coefficient (Wildman–Crippen LogP) is 19.9. The van der Waals surface area contributed by atoms with E-state index >= 15 is 0 Å². The van der Waals surface area contributed by atoms with Crippen LogP contribution in [0.15, 0.2) is 271 Å². The van der Waals surface area contributed by atoms with Crippen LogP contribution in [0.1, 0.15) is 44.2 Å². The smallest absolute Gasteiger partial charge is 0.136 e. The third-order valence-electron chi connectivity index (χ3n) is 14.1. The molecule has 1 nitrogen and oxygen atoms in total. The summed E-state index contributed by atoms with van der Waals surface area (Å²) in [6, 6.07) is 48.8. The molecule has 0 atom stereocenters. The summed E-state index contributed by atoms with van der Waals surface area (Å²) >= 11 is 0. The van der Waals surface area contributed by atoms with E-state index in [2.05, 4.69) is 6.07 Å². The van der Waals surface area contributed by atoms with E-state index in [0.717, 1.165) is 54.2 Å². The van der Waals surface area contributed by atoms with Crippen molar-refractivity contribution in [1.29, 1.82) is 0 Å². The molecule has 0 saturated heterocycles. The van der Waals surface area contributed by atoms with Gasteiger partial charge >= 0.3 is 0 Å². The number of furan rings is 1. The molecular formula is C72H48O. The highest BCUT2D eigenvalue weighted by Gasteiger charge is 2.20. The Balaban J connectivity index is 0.000000156. The number of rotatable bonds is 6. The van der Waals surface area contributed by atoms with Gasteiger partial charge in [0.2, 0.25) is 0 Å². The van der Waals surface area contributed by atoms with Gasteiger partial charge in [0, 0.05) is 10.8 Å². The average molecular weight is 945 g/mol. The summed E-state index contributed by atoms with van der Waals surface area (Å²) in [5.41, 5.74) is 5.84. The number of hydrogen-bond acceptors (Lipinski definition) is 1. The molecule has 0 aliphatic heterocycles. The van der Waals surface area contributed by atoms with Crippen LogP contribution in [0.2, 0.25) is 0 Å². The van der Waals surface area contributed by atoms with Gasteiger partial charge in [0.1, 0.15) is 11.2 Å². The molecule has 0 amide bonds. The molecule has 0 spiro atoms. The average Bonchev–Trinajstić information content (AvgIpc) is 1.14. The summed E-state index contributed by atoms with van der Waals surface area (Å²) in [6.45, 7) is 0. The number of benzene rings is 14. The maximum atomic E-state index is 9.14.